The molecule has 0 aromatic carbocycles. The Morgan fingerprint density at radius 3 is 2.74 bits per heavy atom. The van der Waals surface area contributed by atoms with E-state index < -0.39 is 17.1 Å². The maximum Gasteiger partial charge on any atom is 0.425 e. The fraction of sp³-hybridized carbons (Fsp3) is 0.667. The predicted octanol–water partition coefficient (Wildman–Crippen LogP) is 3.87. The van der Waals surface area contributed by atoms with Gasteiger partial charge < -0.3 is 15.4 Å². The van der Waals surface area contributed by atoms with Crippen molar-refractivity contribution in [2.45, 2.75) is 50.9 Å². The molecule has 0 unspecified atom stereocenters. The van der Waals surface area contributed by atoms with Gasteiger partial charge in [-0.1, -0.05) is 0 Å². The number of amides is 1. The van der Waals surface area contributed by atoms with Crippen LogP contribution in [0.3, 0.4) is 0 Å². The number of alkyl halides is 3. The average Bonchev–Trinajstić information content (AvgIpc) is 3.17. The van der Waals surface area contributed by atoms with Crippen LogP contribution in [0.4, 0.5) is 18.0 Å². The molecular weight excluding hydrogens is 329 g/mol. The minimum Gasteiger partial charge on any atom is -0.453 e. The molecule has 0 aliphatic heterocycles. The van der Waals surface area contributed by atoms with Gasteiger partial charge in [-0.2, -0.15) is 13.2 Å². The topological polar surface area (TPSA) is 50.4 Å². The van der Waals surface area contributed by atoms with Gasteiger partial charge in [0.05, 0.1) is 7.11 Å². The minimum atomic E-state index is -4.34. The Hall–Kier alpha value is -1.28. The van der Waals surface area contributed by atoms with Crippen molar-refractivity contribution in [3.63, 3.8) is 0 Å². The van der Waals surface area contributed by atoms with Gasteiger partial charge in [0.2, 0.25) is 0 Å². The molecule has 2 N–H and O–H groups in total. The Labute approximate surface area is 137 Å². The van der Waals surface area contributed by atoms with Crippen LogP contribution >= 0.6 is 11.3 Å². The molecule has 8 heteroatoms. The van der Waals surface area contributed by atoms with Crippen molar-refractivity contribution in [3.8, 4) is 0 Å². The molecule has 4 nitrogen and oxygen atoms in total. The first kappa shape index (κ1) is 18.1. The maximum atomic E-state index is 13.2. The highest BCUT2D eigenvalue weighted by molar-refractivity contribution is 7.12. The molecule has 2 rings (SSSR count). The number of aryl methyl sites for hydroxylation is 1. The van der Waals surface area contributed by atoms with Crippen LogP contribution in [0.25, 0.3) is 0 Å². The van der Waals surface area contributed by atoms with E-state index in [-0.39, 0.29) is 19.0 Å². The van der Waals surface area contributed by atoms with Gasteiger partial charge in [0.25, 0.3) is 0 Å². The average molecular weight is 350 g/mol. The number of thiophene rings is 1. The molecule has 0 saturated heterocycles. The predicted molar refractivity (Wildman–Crippen MR) is 82.6 cm³/mol. The summed E-state index contributed by atoms with van der Waals surface area (Å²) in [5.74, 6) is 0. The van der Waals surface area contributed by atoms with Gasteiger partial charge in [0, 0.05) is 23.5 Å². The van der Waals surface area contributed by atoms with E-state index in [1.807, 2.05) is 6.92 Å². The normalized spacial score (nSPS) is 16.2. The van der Waals surface area contributed by atoms with Crippen LogP contribution in [-0.4, -0.2) is 25.8 Å². The van der Waals surface area contributed by atoms with Crippen molar-refractivity contribution >= 4 is 17.4 Å². The molecule has 1 aliphatic carbocycles. The van der Waals surface area contributed by atoms with Gasteiger partial charge in [-0.05, 0) is 44.2 Å². The first-order chi connectivity index (χ1) is 10.8. The summed E-state index contributed by atoms with van der Waals surface area (Å²) >= 11 is 0.814. The minimum absolute atomic E-state index is 0.0736. The highest BCUT2D eigenvalue weighted by Gasteiger charge is 2.36. The third kappa shape index (κ3) is 5.39. The number of ether oxygens (including phenoxy) is 1. The van der Waals surface area contributed by atoms with Crippen LogP contribution in [0, 0.1) is 0 Å². The molecule has 1 heterocycles. The summed E-state index contributed by atoms with van der Waals surface area (Å²) in [7, 11) is 1.25. The number of alkyl carbamates (subject to hydrolysis) is 1. The lowest BCUT2D eigenvalue weighted by Crippen LogP contribution is -2.24. The number of methoxy groups -OCH3 is 1. The Morgan fingerprint density at radius 1 is 1.48 bits per heavy atom. The summed E-state index contributed by atoms with van der Waals surface area (Å²) < 4.78 is 44.0. The number of hydrogen-bond donors (Lipinski definition) is 2. The van der Waals surface area contributed by atoms with Crippen LogP contribution in [0.5, 0.6) is 0 Å². The van der Waals surface area contributed by atoms with Gasteiger partial charge in [0.1, 0.15) is 4.88 Å². The molecule has 0 bridgehead atoms. The fourth-order valence-corrected chi connectivity index (χ4v) is 3.41. The zero-order valence-electron chi connectivity index (χ0n) is 13.1. The monoisotopic (exact) mass is 350 g/mol. The Balaban J connectivity index is 2.00. The van der Waals surface area contributed by atoms with E-state index in [4.69, 9.17) is 0 Å². The number of hydrogen-bond acceptors (Lipinski definition) is 4. The van der Waals surface area contributed by atoms with Crippen molar-refractivity contribution < 1.29 is 22.7 Å². The van der Waals surface area contributed by atoms with Gasteiger partial charge >= 0.3 is 12.3 Å². The lowest BCUT2D eigenvalue weighted by atomic mass is 10.1. The van der Waals surface area contributed by atoms with Crippen LogP contribution in [-0.2, 0) is 17.3 Å². The van der Waals surface area contributed by atoms with E-state index in [9.17, 15) is 18.0 Å². The second kappa shape index (κ2) is 7.53. The van der Waals surface area contributed by atoms with Gasteiger partial charge in [-0.15, -0.1) is 11.3 Å². The van der Waals surface area contributed by atoms with Crippen LogP contribution in [0.1, 0.15) is 47.5 Å². The Kier molecular flexibility index (Phi) is 5.91. The number of carbonyl (C=O) groups is 1. The van der Waals surface area contributed by atoms with Crippen LogP contribution in [0.2, 0.25) is 0 Å². The smallest absolute Gasteiger partial charge is 0.425 e. The first-order valence-electron chi connectivity index (χ1n) is 7.59. The summed E-state index contributed by atoms with van der Waals surface area (Å²) in [5, 5.41) is 5.79. The summed E-state index contributed by atoms with van der Waals surface area (Å²) in [6.45, 7) is 2.18. The van der Waals surface area contributed by atoms with E-state index >= 15 is 0 Å². The Bertz CT molecular complexity index is 541. The number of nitrogens with one attached hydrogen (secondary N) is 2. The highest BCUT2D eigenvalue weighted by atomic mass is 32.1. The molecule has 1 aromatic heterocycles. The van der Waals surface area contributed by atoms with Crippen molar-refractivity contribution in [3.05, 3.63) is 21.4 Å². The quantitative estimate of drug-likeness (QED) is 0.734. The van der Waals surface area contributed by atoms with Crippen LogP contribution in [0.15, 0.2) is 6.07 Å². The molecule has 0 radical (unpaired) electrons. The Morgan fingerprint density at radius 2 is 2.17 bits per heavy atom. The van der Waals surface area contributed by atoms with E-state index in [0.29, 0.717) is 22.9 Å². The van der Waals surface area contributed by atoms with Crippen LogP contribution < -0.4 is 10.6 Å². The third-order valence-corrected chi connectivity index (χ3v) is 5.06. The van der Waals surface area contributed by atoms with E-state index in [0.717, 1.165) is 24.2 Å². The largest absolute Gasteiger partial charge is 0.453 e. The maximum absolute atomic E-state index is 13.2. The molecule has 23 heavy (non-hydrogen) atoms. The molecule has 0 spiro atoms. The zero-order chi connectivity index (χ0) is 17.0. The standard InChI is InChI=1S/C15H21F3N2O2S/c1-9(20-11-5-6-11)12-8-10(13(23-12)15(16,17)18)4-3-7-19-14(21)22-2/h8-9,11,20H,3-7H2,1-2H3,(H,19,21)/t9-/m1/s1. The molecule has 1 aliphatic rings. The van der Waals surface area contributed by atoms with Crippen molar-refractivity contribution in [2.75, 3.05) is 13.7 Å². The summed E-state index contributed by atoms with van der Waals surface area (Å²) in [6.07, 6.45) is -2.03. The lowest BCUT2D eigenvalue weighted by molar-refractivity contribution is -0.134. The van der Waals surface area contributed by atoms with E-state index in [1.54, 1.807) is 6.07 Å². The summed E-state index contributed by atoms with van der Waals surface area (Å²) in [4.78, 5) is 11.1. The fourth-order valence-electron chi connectivity index (χ4n) is 2.32. The first-order valence-corrected chi connectivity index (χ1v) is 8.40. The number of halogens is 3. The number of rotatable bonds is 7. The second-order valence-corrected chi connectivity index (χ2v) is 6.77. The second-order valence-electron chi connectivity index (χ2n) is 5.69. The zero-order valence-corrected chi connectivity index (χ0v) is 13.9. The highest BCUT2D eigenvalue weighted by Crippen LogP contribution is 2.40. The SMILES string of the molecule is COC(=O)NCCCc1cc([C@@H](C)NC2CC2)sc1C(F)(F)F. The lowest BCUT2D eigenvalue weighted by Gasteiger charge is -2.10. The van der Waals surface area contributed by atoms with E-state index in [2.05, 4.69) is 15.4 Å². The third-order valence-electron chi connectivity index (χ3n) is 3.65. The van der Waals surface area contributed by atoms with Crippen molar-refractivity contribution in [1.29, 1.82) is 0 Å². The molecule has 1 atom stereocenters. The van der Waals surface area contributed by atoms with Crippen molar-refractivity contribution in [2.24, 2.45) is 0 Å². The van der Waals surface area contributed by atoms with Crippen molar-refractivity contribution in [1.82, 2.24) is 10.6 Å². The van der Waals surface area contributed by atoms with Gasteiger partial charge in [-0.3, -0.25) is 0 Å². The molecule has 1 amide bonds. The molecule has 130 valence electrons. The molecule has 1 fully saturated rings. The van der Waals surface area contributed by atoms with Gasteiger partial charge in [0.15, 0.2) is 0 Å². The summed E-state index contributed by atoms with van der Waals surface area (Å²) in [5.41, 5.74) is 0.300. The molecular formula is C15H21F3N2O2S. The molecule has 1 saturated carbocycles. The summed E-state index contributed by atoms with van der Waals surface area (Å²) in [6, 6.07) is 2.01. The molecule has 1 aromatic rings. The van der Waals surface area contributed by atoms with E-state index in [1.165, 1.54) is 7.11 Å². The van der Waals surface area contributed by atoms with Gasteiger partial charge in [-0.25, -0.2) is 4.79 Å². The number of carbonyl (C=O) groups excluding carboxylic acids is 1.